The summed E-state index contributed by atoms with van der Waals surface area (Å²) in [6, 6.07) is 11.8. The highest BCUT2D eigenvalue weighted by molar-refractivity contribution is 7.98. The fraction of sp³-hybridized carbons (Fsp3) is 0.231. The summed E-state index contributed by atoms with van der Waals surface area (Å²) in [5.74, 6) is 2.65. The van der Waals surface area contributed by atoms with Gasteiger partial charge in [-0.15, -0.1) is 0 Å². The third-order valence-electron chi connectivity index (χ3n) is 2.25. The minimum atomic E-state index is 0.505. The second kappa shape index (κ2) is 6.03. The zero-order valence-electron chi connectivity index (χ0n) is 9.56. The van der Waals surface area contributed by atoms with Crippen molar-refractivity contribution in [3.8, 4) is 11.3 Å². The Bertz CT molecular complexity index is 488. The van der Waals surface area contributed by atoms with E-state index in [9.17, 15) is 0 Å². The van der Waals surface area contributed by atoms with Crippen molar-refractivity contribution in [1.82, 2.24) is 9.97 Å². The molecule has 0 aliphatic rings. The molecule has 0 unspecified atom stereocenters. The van der Waals surface area contributed by atoms with Gasteiger partial charge in [-0.25, -0.2) is 9.97 Å². The Morgan fingerprint density at radius 3 is 2.65 bits per heavy atom. The van der Waals surface area contributed by atoms with Crippen LogP contribution in [0.25, 0.3) is 11.3 Å². The minimum absolute atomic E-state index is 0.505. The van der Waals surface area contributed by atoms with E-state index in [0.29, 0.717) is 5.15 Å². The SMILES string of the molecule is CCSCc1nc(Cl)cc(-c2ccccc2)n1. The van der Waals surface area contributed by atoms with Crippen molar-refractivity contribution >= 4 is 23.4 Å². The van der Waals surface area contributed by atoms with Gasteiger partial charge in [-0.05, 0) is 5.75 Å². The molecule has 1 aromatic heterocycles. The summed E-state index contributed by atoms with van der Waals surface area (Å²) in [5, 5.41) is 0.505. The molecule has 0 radical (unpaired) electrons. The van der Waals surface area contributed by atoms with Gasteiger partial charge in [-0.3, -0.25) is 0 Å². The summed E-state index contributed by atoms with van der Waals surface area (Å²) in [7, 11) is 0. The fourth-order valence-electron chi connectivity index (χ4n) is 1.48. The van der Waals surface area contributed by atoms with Crippen LogP contribution in [0.5, 0.6) is 0 Å². The van der Waals surface area contributed by atoms with Crippen LogP contribution in [0.2, 0.25) is 5.15 Å². The van der Waals surface area contributed by atoms with Crippen LogP contribution in [0.15, 0.2) is 36.4 Å². The number of benzene rings is 1. The van der Waals surface area contributed by atoms with Gasteiger partial charge in [0.1, 0.15) is 11.0 Å². The number of rotatable bonds is 4. The molecule has 0 amide bonds. The summed E-state index contributed by atoms with van der Waals surface area (Å²) in [6.45, 7) is 2.12. The van der Waals surface area contributed by atoms with E-state index in [4.69, 9.17) is 11.6 Å². The molecule has 0 N–H and O–H groups in total. The second-order valence-electron chi connectivity index (χ2n) is 3.50. The van der Waals surface area contributed by atoms with Crippen molar-refractivity contribution in [1.29, 1.82) is 0 Å². The molecule has 0 saturated carbocycles. The summed E-state index contributed by atoms with van der Waals surface area (Å²) >= 11 is 7.81. The Hall–Kier alpha value is -1.06. The van der Waals surface area contributed by atoms with Gasteiger partial charge in [0.25, 0.3) is 0 Å². The van der Waals surface area contributed by atoms with Crippen molar-refractivity contribution in [2.75, 3.05) is 5.75 Å². The van der Waals surface area contributed by atoms with Gasteiger partial charge in [0.2, 0.25) is 0 Å². The molecule has 0 aliphatic carbocycles. The van der Waals surface area contributed by atoms with E-state index < -0.39 is 0 Å². The zero-order valence-corrected chi connectivity index (χ0v) is 11.1. The van der Waals surface area contributed by atoms with Crippen LogP contribution in [0.1, 0.15) is 12.7 Å². The highest BCUT2D eigenvalue weighted by Crippen LogP contribution is 2.21. The molecule has 88 valence electrons. The average Bonchev–Trinajstić information content (AvgIpc) is 2.37. The van der Waals surface area contributed by atoms with E-state index >= 15 is 0 Å². The molecule has 2 rings (SSSR count). The molecule has 0 bridgehead atoms. The van der Waals surface area contributed by atoms with Crippen molar-refractivity contribution < 1.29 is 0 Å². The van der Waals surface area contributed by atoms with Crippen LogP contribution < -0.4 is 0 Å². The van der Waals surface area contributed by atoms with Gasteiger partial charge >= 0.3 is 0 Å². The molecule has 1 aromatic carbocycles. The van der Waals surface area contributed by atoms with E-state index in [1.807, 2.05) is 30.3 Å². The molecule has 0 fully saturated rings. The number of hydrogen-bond acceptors (Lipinski definition) is 3. The number of nitrogens with zero attached hydrogens (tertiary/aromatic N) is 2. The van der Waals surface area contributed by atoms with E-state index in [1.165, 1.54) is 0 Å². The van der Waals surface area contributed by atoms with Crippen LogP contribution in [0, 0.1) is 0 Å². The summed E-state index contributed by atoms with van der Waals surface area (Å²) in [6.07, 6.45) is 0. The third-order valence-corrected chi connectivity index (χ3v) is 3.31. The highest BCUT2D eigenvalue weighted by Gasteiger charge is 2.05. The largest absolute Gasteiger partial charge is 0.232 e. The van der Waals surface area contributed by atoms with Crippen LogP contribution >= 0.6 is 23.4 Å². The van der Waals surface area contributed by atoms with E-state index in [-0.39, 0.29) is 0 Å². The number of aromatic nitrogens is 2. The van der Waals surface area contributed by atoms with Crippen LogP contribution in [-0.2, 0) is 5.75 Å². The van der Waals surface area contributed by atoms with E-state index in [1.54, 1.807) is 17.8 Å². The first kappa shape index (κ1) is 12.4. The number of hydrogen-bond donors (Lipinski definition) is 0. The van der Waals surface area contributed by atoms with Crippen molar-refractivity contribution in [3.63, 3.8) is 0 Å². The Kier molecular flexibility index (Phi) is 4.40. The first-order valence-electron chi connectivity index (χ1n) is 5.46. The Morgan fingerprint density at radius 2 is 1.94 bits per heavy atom. The molecule has 17 heavy (non-hydrogen) atoms. The predicted molar refractivity (Wildman–Crippen MR) is 74.3 cm³/mol. The maximum atomic E-state index is 6.02. The summed E-state index contributed by atoms with van der Waals surface area (Å²) < 4.78 is 0. The average molecular weight is 265 g/mol. The lowest BCUT2D eigenvalue weighted by Crippen LogP contribution is -1.96. The molecule has 2 aromatic rings. The first-order chi connectivity index (χ1) is 8.29. The second-order valence-corrected chi connectivity index (χ2v) is 5.16. The lowest BCUT2D eigenvalue weighted by atomic mass is 10.1. The van der Waals surface area contributed by atoms with Crippen molar-refractivity contribution in [2.24, 2.45) is 0 Å². The van der Waals surface area contributed by atoms with Crippen LogP contribution in [-0.4, -0.2) is 15.7 Å². The van der Waals surface area contributed by atoms with Crippen molar-refractivity contribution in [2.45, 2.75) is 12.7 Å². The number of halogens is 1. The van der Waals surface area contributed by atoms with E-state index in [0.717, 1.165) is 28.6 Å². The lowest BCUT2D eigenvalue weighted by Gasteiger charge is -2.04. The van der Waals surface area contributed by atoms with Crippen molar-refractivity contribution in [3.05, 3.63) is 47.4 Å². The van der Waals surface area contributed by atoms with Crippen LogP contribution in [0.3, 0.4) is 0 Å². The minimum Gasteiger partial charge on any atom is -0.232 e. The first-order valence-corrected chi connectivity index (χ1v) is 6.99. The van der Waals surface area contributed by atoms with Gasteiger partial charge in [0.15, 0.2) is 0 Å². The molecule has 0 aliphatic heterocycles. The molecular weight excluding hydrogens is 252 g/mol. The summed E-state index contributed by atoms with van der Waals surface area (Å²) in [5.41, 5.74) is 1.96. The molecule has 0 atom stereocenters. The molecule has 4 heteroatoms. The standard InChI is InChI=1S/C13H13ClN2S/c1-2-17-9-13-15-11(8-12(14)16-13)10-6-4-3-5-7-10/h3-8H,2,9H2,1H3. The van der Waals surface area contributed by atoms with Gasteiger partial charge in [-0.2, -0.15) is 11.8 Å². The van der Waals surface area contributed by atoms with Gasteiger partial charge < -0.3 is 0 Å². The van der Waals surface area contributed by atoms with E-state index in [2.05, 4.69) is 16.9 Å². The predicted octanol–water partition coefficient (Wildman–Crippen LogP) is 4.05. The molecular formula is C13H13ClN2S. The Labute approximate surface area is 110 Å². The molecule has 0 spiro atoms. The topological polar surface area (TPSA) is 25.8 Å². The monoisotopic (exact) mass is 264 g/mol. The zero-order chi connectivity index (χ0) is 12.1. The normalized spacial score (nSPS) is 10.5. The Balaban J connectivity index is 2.32. The highest BCUT2D eigenvalue weighted by atomic mass is 35.5. The molecule has 0 saturated heterocycles. The molecule has 2 nitrogen and oxygen atoms in total. The maximum Gasteiger partial charge on any atom is 0.140 e. The fourth-order valence-corrected chi connectivity index (χ4v) is 2.20. The van der Waals surface area contributed by atoms with Gasteiger partial charge in [0, 0.05) is 11.6 Å². The third kappa shape index (κ3) is 3.45. The van der Waals surface area contributed by atoms with Crippen LogP contribution in [0.4, 0.5) is 0 Å². The smallest absolute Gasteiger partial charge is 0.140 e. The quantitative estimate of drug-likeness (QED) is 0.779. The van der Waals surface area contributed by atoms with Gasteiger partial charge in [0.05, 0.1) is 11.4 Å². The van der Waals surface area contributed by atoms with Gasteiger partial charge in [-0.1, -0.05) is 48.9 Å². The maximum absolute atomic E-state index is 6.02. The lowest BCUT2D eigenvalue weighted by molar-refractivity contribution is 1.04. The summed E-state index contributed by atoms with van der Waals surface area (Å²) in [4.78, 5) is 8.76. The Morgan fingerprint density at radius 1 is 1.18 bits per heavy atom. The molecule has 1 heterocycles. The number of thioether (sulfide) groups is 1.